The standard InChI is InChI=1S/C36H24BNO4S2.C30H22BNO2S/c39-43(40)33-16-8-9-17-34(33)44(41,42)36-24-26(20-23-35(36)43)25-18-21-28(22-19-25)38-31-14-6-4-12-29(31)37(27-10-2-1-3-11-27)30-13-5-7-15-32(30)38;33-35(34,25-13-5-2-6-14-25)26-21-19-24(20-22-26)32-29-17-9-7-15-27(29)31(23-11-3-1-4-12-23)28-16-8-10-18-30(28)32/h1-24H;1-22H. The van der Waals surface area contributed by atoms with Crippen LogP contribution < -0.4 is 42.6 Å². The quantitative estimate of drug-likeness (QED) is 0.145. The fourth-order valence-electron chi connectivity index (χ4n) is 11.5. The van der Waals surface area contributed by atoms with E-state index in [1.165, 1.54) is 63.1 Å². The third-order valence-electron chi connectivity index (χ3n) is 15.1. The van der Waals surface area contributed by atoms with Crippen molar-refractivity contribution in [2.24, 2.45) is 0 Å². The molecule has 3 heterocycles. The minimum absolute atomic E-state index is 0.0953. The van der Waals surface area contributed by atoms with Crippen LogP contribution in [0, 0.1) is 0 Å². The summed E-state index contributed by atoms with van der Waals surface area (Å²) in [4.78, 5) is 4.32. The summed E-state index contributed by atoms with van der Waals surface area (Å²) in [6.07, 6.45) is 0. The second-order valence-electron chi connectivity index (χ2n) is 19.6. The molecule has 11 aromatic carbocycles. The van der Waals surface area contributed by atoms with Gasteiger partial charge in [0.05, 0.1) is 29.4 Å². The summed E-state index contributed by atoms with van der Waals surface area (Å²) in [5.41, 5.74) is 15.0. The van der Waals surface area contributed by atoms with Gasteiger partial charge in [0.2, 0.25) is 42.9 Å². The van der Waals surface area contributed by atoms with Crippen molar-refractivity contribution in [3.05, 3.63) is 279 Å². The van der Waals surface area contributed by atoms with Crippen LogP contribution in [0.5, 0.6) is 0 Å². The molecule has 11 aromatic rings. The third kappa shape index (κ3) is 8.49. The highest BCUT2D eigenvalue weighted by Gasteiger charge is 2.40. The summed E-state index contributed by atoms with van der Waals surface area (Å²) in [5.74, 6) is 0. The highest BCUT2D eigenvalue weighted by Crippen LogP contribution is 2.43. The maximum atomic E-state index is 13.5. The lowest BCUT2D eigenvalue weighted by molar-refractivity contribution is 0.570. The van der Waals surface area contributed by atoms with E-state index in [4.69, 9.17) is 0 Å². The zero-order chi connectivity index (χ0) is 53.9. The molecule has 380 valence electrons. The normalized spacial score (nSPS) is 14.2. The first-order valence-electron chi connectivity index (χ1n) is 25.8. The lowest BCUT2D eigenvalue weighted by Gasteiger charge is -2.37. The van der Waals surface area contributed by atoms with E-state index in [9.17, 15) is 25.3 Å². The molecule has 3 aliphatic rings. The highest BCUT2D eigenvalue weighted by atomic mass is 32.2. The molecule has 0 fully saturated rings. The van der Waals surface area contributed by atoms with E-state index in [0.717, 1.165) is 39.7 Å². The summed E-state index contributed by atoms with van der Waals surface area (Å²) in [6.45, 7) is 0.218. The summed E-state index contributed by atoms with van der Waals surface area (Å²) >= 11 is 0. The van der Waals surface area contributed by atoms with Crippen molar-refractivity contribution in [3.63, 3.8) is 0 Å². The number of nitrogens with zero attached hydrogens (tertiary/aromatic N) is 2. The largest absolute Gasteiger partial charge is 0.312 e. The van der Waals surface area contributed by atoms with Gasteiger partial charge in [-0.05, 0) is 130 Å². The molecule has 13 heteroatoms. The van der Waals surface area contributed by atoms with Crippen LogP contribution >= 0.6 is 0 Å². The molecule has 0 spiro atoms. The summed E-state index contributed by atoms with van der Waals surface area (Å²) < 4.78 is 79.8. The Labute approximate surface area is 461 Å². The Bertz CT molecular complexity index is 4400. The van der Waals surface area contributed by atoms with Gasteiger partial charge in [-0.3, -0.25) is 0 Å². The minimum atomic E-state index is -4.01. The van der Waals surface area contributed by atoms with Crippen molar-refractivity contribution < 1.29 is 25.3 Å². The van der Waals surface area contributed by atoms with E-state index in [2.05, 4.69) is 155 Å². The topological polar surface area (TPSA) is 109 Å². The van der Waals surface area contributed by atoms with E-state index in [0.29, 0.717) is 10.5 Å². The molecular formula is C66H46B2N2O6S3. The van der Waals surface area contributed by atoms with Gasteiger partial charge in [0, 0.05) is 34.1 Å². The molecule has 0 bridgehead atoms. The fourth-order valence-corrected chi connectivity index (χ4v) is 16.9. The Morgan fingerprint density at radius 2 is 0.608 bits per heavy atom. The predicted octanol–water partition coefficient (Wildman–Crippen LogP) is 10.5. The van der Waals surface area contributed by atoms with E-state index in [-0.39, 0.29) is 37.9 Å². The molecule has 8 nitrogen and oxygen atoms in total. The van der Waals surface area contributed by atoms with Gasteiger partial charge in [0.25, 0.3) is 0 Å². The molecule has 0 aliphatic carbocycles. The first kappa shape index (κ1) is 49.6. The molecule has 0 N–H and O–H groups in total. The minimum Gasteiger partial charge on any atom is -0.312 e. The summed E-state index contributed by atoms with van der Waals surface area (Å²) in [5, 5.41) is 0. The lowest BCUT2D eigenvalue weighted by atomic mass is 9.35. The van der Waals surface area contributed by atoms with Gasteiger partial charge in [-0.2, -0.15) is 0 Å². The number of anilines is 6. The molecule has 0 amide bonds. The molecule has 0 saturated heterocycles. The Hall–Kier alpha value is -9.00. The van der Waals surface area contributed by atoms with Gasteiger partial charge in [-0.1, -0.05) is 193 Å². The summed E-state index contributed by atoms with van der Waals surface area (Å²) in [6, 6.07) is 88.9. The number of rotatable bonds is 7. The second-order valence-corrected chi connectivity index (χ2v) is 25.3. The molecule has 0 atom stereocenters. The lowest BCUT2D eigenvalue weighted by Crippen LogP contribution is -2.57. The molecule has 0 aromatic heterocycles. The van der Waals surface area contributed by atoms with Crippen molar-refractivity contribution in [1.82, 2.24) is 0 Å². The van der Waals surface area contributed by atoms with Crippen LogP contribution in [0.15, 0.2) is 308 Å². The summed E-state index contributed by atoms with van der Waals surface area (Å²) in [7, 11) is -11.5. The third-order valence-corrected chi connectivity index (χ3v) is 20.9. The number of hydrogen-bond acceptors (Lipinski definition) is 8. The number of fused-ring (bicyclic) bond motifs is 6. The number of benzene rings is 11. The maximum absolute atomic E-state index is 13.5. The molecule has 79 heavy (non-hydrogen) atoms. The van der Waals surface area contributed by atoms with Crippen molar-refractivity contribution in [1.29, 1.82) is 0 Å². The van der Waals surface area contributed by atoms with Gasteiger partial charge in [-0.15, -0.1) is 0 Å². The Kier molecular flexibility index (Phi) is 12.4. The first-order valence-corrected chi connectivity index (χ1v) is 30.2. The Morgan fingerprint density at radius 1 is 0.291 bits per heavy atom. The van der Waals surface area contributed by atoms with Crippen LogP contribution in [-0.4, -0.2) is 38.7 Å². The van der Waals surface area contributed by atoms with E-state index in [1.54, 1.807) is 48.5 Å². The molecular weight excluding hydrogens is 1030 g/mol. The van der Waals surface area contributed by atoms with Crippen molar-refractivity contribution >= 4 is 110 Å². The predicted molar refractivity (Wildman–Crippen MR) is 319 cm³/mol. The van der Waals surface area contributed by atoms with Gasteiger partial charge in [0.15, 0.2) is 0 Å². The van der Waals surface area contributed by atoms with Crippen LogP contribution in [0.25, 0.3) is 11.1 Å². The molecule has 3 aliphatic heterocycles. The van der Waals surface area contributed by atoms with Crippen LogP contribution in [0.2, 0.25) is 0 Å². The number of hydrogen-bond donors (Lipinski definition) is 0. The number of para-hydroxylation sites is 4. The van der Waals surface area contributed by atoms with E-state index < -0.39 is 29.5 Å². The molecule has 0 unspecified atom stereocenters. The van der Waals surface area contributed by atoms with Crippen molar-refractivity contribution in [2.45, 2.75) is 29.4 Å². The van der Waals surface area contributed by atoms with Gasteiger partial charge in [0.1, 0.15) is 0 Å². The Balaban J connectivity index is 0.000000154. The average Bonchev–Trinajstić information content (AvgIpc) is 3.67. The SMILES string of the molecule is O=S(=O)(c1ccccc1)c1ccc(N2c3ccccc3B(c3ccccc3)c3ccccc32)cc1.O=S1(=O)c2ccccc2S(=O)(=O)c2cc(-c3ccc(N4c5ccccc5B(c5ccccc5)c5ccccc54)cc3)ccc21. The number of sulfone groups is 3. The fraction of sp³-hybridized carbons (Fsp3) is 0. The van der Waals surface area contributed by atoms with E-state index in [1.807, 2.05) is 54.6 Å². The van der Waals surface area contributed by atoms with Crippen LogP contribution in [0.4, 0.5) is 34.1 Å². The van der Waals surface area contributed by atoms with Crippen LogP contribution in [-0.2, 0) is 29.5 Å². The van der Waals surface area contributed by atoms with Gasteiger partial charge < -0.3 is 9.80 Å². The van der Waals surface area contributed by atoms with Gasteiger partial charge >= 0.3 is 0 Å². The zero-order valence-electron chi connectivity index (χ0n) is 42.3. The monoisotopic (exact) mass is 1080 g/mol. The molecule has 0 saturated carbocycles. The van der Waals surface area contributed by atoms with Crippen LogP contribution in [0.1, 0.15) is 0 Å². The van der Waals surface area contributed by atoms with Crippen LogP contribution in [0.3, 0.4) is 0 Å². The first-order chi connectivity index (χ1) is 38.5. The highest BCUT2D eigenvalue weighted by molar-refractivity contribution is 7.97. The molecule has 14 rings (SSSR count). The maximum Gasteiger partial charge on any atom is 0.246 e. The second kappa shape index (κ2) is 19.8. The average molecular weight is 1080 g/mol. The molecule has 0 radical (unpaired) electrons. The van der Waals surface area contributed by atoms with Crippen molar-refractivity contribution in [3.8, 4) is 11.1 Å². The Morgan fingerprint density at radius 3 is 1.04 bits per heavy atom. The smallest absolute Gasteiger partial charge is 0.246 e. The zero-order valence-corrected chi connectivity index (χ0v) is 44.7. The van der Waals surface area contributed by atoms with Gasteiger partial charge in [-0.25, -0.2) is 25.3 Å². The van der Waals surface area contributed by atoms with Crippen molar-refractivity contribution in [2.75, 3.05) is 9.80 Å². The van der Waals surface area contributed by atoms with E-state index >= 15 is 0 Å².